The van der Waals surface area contributed by atoms with E-state index in [1.165, 1.54) is 11.1 Å². The first-order chi connectivity index (χ1) is 9.09. The van der Waals surface area contributed by atoms with Crippen LogP contribution >= 0.6 is 24.2 Å². The van der Waals surface area contributed by atoms with Crippen LogP contribution in [-0.2, 0) is 15.0 Å². The van der Waals surface area contributed by atoms with Gasteiger partial charge < -0.3 is 5.11 Å². The lowest BCUT2D eigenvalue weighted by Crippen LogP contribution is -2.10. The summed E-state index contributed by atoms with van der Waals surface area (Å²) < 4.78 is 0. The van der Waals surface area contributed by atoms with Crippen molar-refractivity contribution in [2.45, 2.75) is 33.1 Å². The van der Waals surface area contributed by atoms with Crippen LogP contribution in [0.15, 0.2) is 34.2 Å². The van der Waals surface area contributed by atoms with Crippen molar-refractivity contribution in [3.05, 3.63) is 45.3 Å². The van der Waals surface area contributed by atoms with Gasteiger partial charge in [-0.2, -0.15) is 0 Å². The number of aliphatic carboxylic acids is 1. The third-order valence-corrected chi connectivity index (χ3v) is 3.27. The van der Waals surface area contributed by atoms with Gasteiger partial charge in [0.25, 0.3) is 0 Å². The maximum Gasteiger partial charge on any atom is 0.348 e. The number of carboxylic acids is 1. The fraction of sp³-hybridized carbons (Fsp3) is 0.333. The van der Waals surface area contributed by atoms with Crippen molar-refractivity contribution in [1.29, 1.82) is 0 Å². The zero-order valence-electron chi connectivity index (χ0n) is 12.0. The van der Waals surface area contributed by atoms with E-state index in [4.69, 9.17) is 16.7 Å². The normalized spacial score (nSPS) is 11.9. The van der Waals surface area contributed by atoms with Gasteiger partial charge >= 0.3 is 5.97 Å². The fourth-order valence-corrected chi connectivity index (χ4v) is 1.36. The standard InChI is InChI=1S/C11H16.C4H3ClO3S/c1-9-5-7-10(8-6-9)11(2,3)4;5-3(4(7)8)2(9)1-6/h5-8H,1-4H3;1,9H,(H,7,8). The summed E-state index contributed by atoms with van der Waals surface area (Å²) >= 11 is 8.50. The van der Waals surface area contributed by atoms with E-state index in [2.05, 4.69) is 64.6 Å². The number of benzene rings is 1. The quantitative estimate of drug-likeness (QED) is 0.494. The van der Waals surface area contributed by atoms with E-state index in [9.17, 15) is 9.59 Å². The maximum atomic E-state index is 9.90. The van der Waals surface area contributed by atoms with E-state index in [0.29, 0.717) is 0 Å². The lowest BCUT2D eigenvalue weighted by atomic mass is 9.87. The van der Waals surface area contributed by atoms with Gasteiger partial charge in [-0.25, -0.2) is 4.79 Å². The second-order valence-electron chi connectivity index (χ2n) is 5.24. The lowest BCUT2D eigenvalue weighted by Gasteiger charge is -2.18. The van der Waals surface area contributed by atoms with E-state index >= 15 is 0 Å². The van der Waals surface area contributed by atoms with Gasteiger partial charge in [-0.1, -0.05) is 62.2 Å². The largest absolute Gasteiger partial charge is 0.477 e. The topological polar surface area (TPSA) is 54.4 Å². The third-order valence-electron chi connectivity index (χ3n) is 2.44. The predicted molar refractivity (Wildman–Crippen MR) is 85.4 cm³/mol. The molecule has 0 aliphatic carbocycles. The summed E-state index contributed by atoms with van der Waals surface area (Å²) in [6.07, 6.45) is 0.263. The maximum absolute atomic E-state index is 9.90. The number of allylic oxidation sites excluding steroid dienone is 1. The van der Waals surface area contributed by atoms with Crippen molar-refractivity contribution in [2.24, 2.45) is 0 Å². The molecule has 1 aromatic rings. The van der Waals surface area contributed by atoms with E-state index in [1.807, 2.05) is 0 Å². The first kappa shape index (κ1) is 18.7. The molecule has 0 aliphatic heterocycles. The molecule has 0 bridgehead atoms. The Hall–Kier alpha value is -1.26. The number of carbonyl (C=O) groups excluding carboxylic acids is 1. The van der Waals surface area contributed by atoms with Crippen LogP contribution in [0.25, 0.3) is 0 Å². The van der Waals surface area contributed by atoms with Crippen LogP contribution in [0.4, 0.5) is 0 Å². The van der Waals surface area contributed by atoms with Crippen LogP contribution in [0.2, 0.25) is 0 Å². The smallest absolute Gasteiger partial charge is 0.348 e. The Morgan fingerprint density at radius 1 is 1.25 bits per heavy atom. The summed E-state index contributed by atoms with van der Waals surface area (Å²) in [5.74, 6) is -1.35. The van der Waals surface area contributed by atoms with Crippen LogP contribution in [0.5, 0.6) is 0 Å². The minimum atomic E-state index is -1.35. The van der Waals surface area contributed by atoms with E-state index in [0.717, 1.165) is 0 Å². The average molecular weight is 315 g/mol. The van der Waals surface area contributed by atoms with Gasteiger partial charge in [0.1, 0.15) is 5.03 Å². The first-order valence-corrected chi connectivity index (χ1v) is 6.76. The number of rotatable bonds is 2. The molecule has 1 rings (SSSR count). The summed E-state index contributed by atoms with van der Waals surface area (Å²) in [6, 6.07) is 8.74. The number of thiol groups is 1. The molecule has 0 aliphatic rings. The highest BCUT2D eigenvalue weighted by atomic mass is 35.5. The van der Waals surface area contributed by atoms with E-state index < -0.39 is 11.0 Å². The summed E-state index contributed by atoms with van der Waals surface area (Å²) in [5, 5.41) is 7.52. The summed E-state index contributed by atoms with van der Waals surface area (Å²) in [7, 11) is 0. The van der Waals surface area contributed by atoms with E-state index in [-0.39, 0.29) is 16.6 Å². The molecule has 0 heterocycles. The Balaban J connectivity index is 0.000000370. The molecule has 0 fully saturated rings. The van der Waals surface area contributed by atoms with Crippen LogP contribution in [-0.4, -0.2) is 17.4 Å². The van der Waals surface area contributed by atoms with Gasteiger partial charge in [0.15, 0.2) is 6.29 Å². The predicted octanol–water partition coefficient (Wildman–Crippen LogP) is 3.94. The highest BCUT2D eigenvalue weighted by Crippen LogP contribution is 2.21. The molecule has 3 nitrogen and oxygen atoms in total. The van der Waals surface area contributed by atoms with Crippen molar-refractivity contribution in [3.63, 3.8) is 0 Å². The second kappa shape index (κ2) is 8.12. The first-order valence-electron chi connectivity index (χ1n) is 5.94. The Kier molecular flexibility index (Phi) is 7.61. The van der Waals surface area contributed by atoms with Crippen LogP contribution in [0, 0.1) is 6.92 Å². The summed E-state index contributed by atoms with van der Waals surface area (Å²) in [5.41, 5.74) is 3.02. The number of carboxylic acid groups (broad SMARTS) is 1. The molecule has 0 spiro atoms. The molecule has 0 radical (unpaired) electrons. The minimum Gasteiger partial charge on any atom is -0.477 e. The molecular formula is C15H19ClO3S. The monoisotopic (exact) mass is 314 g/mol. The molecule has 0 aromatic heterocycles. The van der Waals surface area contributed by atoms with Crippen LogP contribution in [0.3, 0.4) is 0 Å². The van der Waals surface area contributed by atoms with E-state index in [1.54, 1.807) is 0 Å². The highest BCUT2D eigenvalue weighted by Gasteiger charge is 2.11. The second-order valence-corrected chi connectivity index (χ2v) is 6.10. The highest BCUT2D eigenvalue weighted by molar-refractivity contribution is 7.85. The molecule has 110 valence electrons. The number of carbonyl (C=O) groups is 2. The molecule has 20 heavy (non-hydrogen) atoms. The Bertz CT molecular complexity index is 499. The van der Waals surface area contributed by atoms with Gasteiger partial charge in [0.05, 0.1) is 4.91 Å². The molecular weight excluding hydrogens is 296 g/mol. The van der Waals surface area contributed by atoms with Gasteiger partial charge in [0, 0.05) is 0 Å². The van der Waals surface area contributed by atoms with Crippen molar-refractivity contribution in [2.75, 3.05) is 0 Å². The molecule has 5 heteroatoms. The van der Waals surface area contributed by atoms with Gasteiger partial charge in [0.2, 0.25) is 0 Å². The Morgan fingerprint density at radius 2 is 1.70 bits per heavy atom. The summed E-state index contributed by atoms with van der Waals surface area (Å²) in [4.78, 5) is 19.4. The molecule has 0 unspecified atom stereocenters. The van der Waals surface area contributed by atoms with Gasteiger partial charge in [-0.05, 0) is 17.9 Å². The molecule has 0 saturated carbocycles. The SMILES string of the molecule is Cc1ccc(C(C)(C)C)cc1.O=CC(S)=C(Cl)C(=O)O. The van der Waals surface area contributed by atoms with Crippen LogP contribution < -0.4 is 0 Å². The fourth-order valence-electron chi connectivity index (χ4n) is 1.21. The molecule has 0 saturated heterocycles. The number of aryl methyl sites for hydroxylation is 1. The Morgan fingerprint density at radius 3 is 1.95 bits per heavy atom. The number of halogens is 1. The molecule has 0 atom stereocenters. The van der Waals surface area contributed by atoms with Crippen molar-refractivity contribution in [3.8, 4) is 0 Å². The number of aldehydes is 1. The number of hydrogen-bond acceptors (Lipinski definition) is 3. The average Bonchev–Trinajstić information content (AvgIpc) is 2.37. The Labute approximate surface area is 130 Å². The van der Waals surface area contributed by atoms with Crippen molar-refractivity contribution < 1.29 is 14.7 Å². The molecule has 1 N–H and O–H groups in total. The number of hydrogen-bond donors (Lipinski definition) is 2. The van der Waals surface area contributed by atoms with Gasteiger partial charge in [-0.3, -0.25) is 4.79 Å². The van der Waals surface area contributed by atoms with Crippen LogP contribution in [0.1, 0.15) is 31.9 Å². The minimum absolute atomic E-state index is 0.263. The lowest BCUT2D eigenvalue weighted by molar-refractivity contribution is -0.132. The van der Waals surface area contributed by atoms with Gasteiger partial charge in [-0.15, -0.1) is 12.6 Å². The zero-order chi connectivity index (χ0) is 15.9. The molecule has 0 amide bonds. The van der Waals surface area contributed by atoms with Crippen molar-refractivity contribution >= 4 is 36.5 Å². The third kappa shape index (κ3) is 6.78. The zero-order valence-corrected chi connectivity index (χ0v) is 13.6. The van der Waals surface area contributed by atoms with Crippen molar-refractivity contribution in [1.82, 2.24) is 0 Å². The summed E-state index contributed by atoms with van der Waals surface area (Å²) in [6.45, 7) is 8.82. The molecule has 1 aromatic carbocycles.